The zero-order chi connectivity index (χ0) is 21.2. The van der Waals surface area contributed by atoms with Gasteiger partial charge in [-0.2, -0.15) is 0 Å². The molecule has 0 bridgehead atoms. The van der Waals surface area contributed by atoms with E-state index >= 15 is 0 Å². The molecule has 0 aliphatic carbocycles. The zero-order valence-corrected chi connectivity index (χ0v) is 17.7. The molecule has 2 heterocycles. The molecule has 0 radical (unpaired) electrons. The number of hydrogen-bond donors (Lipinski definition) is 0. The molecule has 0 saturated heterocycles. The van der Waals surface area contributed by atoms with Crippen molar-refractivity contribution >= 4 is 43.4 Å². The van der Waals surface area contributed by atoms with Crippen LogP contribution in [0.5, 0.6) is 5.75 Å². The van der Waals surface area contributed by atoms with Crippen LogP contribution in [0.2, 0.25) is 0 Å². The Hall–Kier alpha value is -3.77. The maximum Gasteiger partial charge on any atom is 0.260 e. The van der Waals surface area contributed by atoms with E-state index < -0.39 is 0 Å². The highest BCUT2D eigenvalue weighted by atomic mass is 32.1. The summed E-state index contributed by atoms with van der Waals surface area (Å²) in [6, 6.07) is 25.2. The van der Waals surface area contributed by atoms with Crippen molar-refractivity contribution in [2.24, 2.45) is 0 Å². The normalized spacial score (nSPS) is 11.0. The molecule has 0 N–H and O–H groups in total. The van der Waals surface area contributed by atoms with Crippen molar-refractivity contribution in [2.75, 3.05) is 12.0 Å². The standard InChI is InChI=1S/C25H19N3O2S/c1-30-21-11-12-22-23(15-21)31-25(27-22)28(16-20-8-4-5-13-26-20)24(29)19-10-9-17-6-2-3-7-18(17)14-19/h2-15H,16H2,1H3. The SMILES string of the molecule is COc1ccc2nc(N(Cc3ccccn3)C(=O)c3ccc4ccccc4c3)sc2c1. The number of thiazole rings is 1. The van der Waals surface area contributed by atoms with Crippen LogP contribution in [0, 0.1) is 0 Å². The highest BCUT2D eigenvalue weighted by molar-refractivity contribution is 7.22. The van der Waals surface area contributed by atoms with E-state index in [1.54, 1.807) is 18.2 Å². The number of amides is 1. The summed E-state index contributed by atoms with van der Waals surface area (Å²) in [5.41, 5.74) is 2.25. The van der Waals surface area contributed by atoms with Crippen LogP contribution in [-0.2, 0) is 6.54 Å². The number of fused-ring (bicyclic) bond motifs is 2. The predicted octanol–water partition coefficient (Wildman–Crippen LogP) is 5.70. The molecule has 1 amide bonds. The maximum atomic E-state index is 13.6. The number of benzene rings is 3. The van der Waals surface area contributed by atoms with Gasteiger partial charge in [0.2, 0.25) is 0 Å². The van der Waals surface area contributed by atoms with Crippen molar-refractivity contribution < 1.29 is 9.53 Å². The molecule has 5 aromatic rings. The van der Waals surface area contributed by atoms with Gasteiger partial charge in [-0.3, -0.25) is 14.7 Å². The number of carbonyl (C=O) groups excluding carboxylic acids is 1. The van der Waals surface area contributed by atoms with Gasteiger partial charge in [0.1, 0.15) is 5.75 Å². The van der Waals surface area contributed by atoms with Crippen molar-refractivity contribution in [3.05, 3.63) is 96.3 Å². The molecule has 0 saturated carbocycles. The minimum absolute atomic E-state index is 0.109. The fourth-order valence-electron chi connectivity index (χ4n) is 3.49. The smallest absolute Gasteiger partial charge is 0.260 e. The molecule has 0 unspecified atom stereocenters. The van der Waals surface area contributed by atoms with Gasteiger partial charge in [-0.05, 0) is 53.2 Å². The average Bonchev–Trinajstić information content (AvgIpc) is 3.25. The van der Waals surface area contributed by atoms with Gasteiger partial charge in [-0.15, -0.1) is 0 Å². The van der Waals surface area contributed by atoms with Crippen LogP contribution < -0.4 is 9.64 Å². The minimum atomic E-state index is -0.109. The predicted molar refractivity (Wildman–Crippen MR) is 125 cm³/mol. The van der Waals surface area contributed by atoms with E-state index in [2.05, 4.69) is 4.98 Å². The minimum Gasteiger partial charge on any atom is -0.497 e. The zero-order valence-electron chi connectivity index (χ0n) is 16.9. The summed E-state index contributed by atoms with van der Waals surface area (Å²) in [4.78, 5) is 24.5. The van der Waals surface area contributed by atoms with E-state index in [9.17, 15) is 4.79 Å². The number of carbonyl (C=O) groups is 1. The number of methoxy groups -OCH3 is 1. The molecule has 152 valence electrons. The Labute approximate surface area is 183 Å². The van der Waals surface area contributed by atoms with E-state index in [0.29, 0.717) is 17.2 Å². The number of hydrogen-bond acceptors (Lipinski definition) is 5. The van der Waals surface area contributed by atoms with Gasteiger partial charge in [0, 0.05) is 11.8 Å². The van der Waals surface area contributed by atoms with Crippen molar-refractivity contribution in [2.45, 2.75) is 6.54 Å². The third kappa shape index (κ3) is 3.85. The van der Waals surface area contributed by atoms with Crippen molar-refractivity contribution in [1.82, 2.24) is 9.97 Å². The number of ether oxygens (including phenoxy) is 1. The molecular weight excluding hydrogens is 406 g/mol. The Balaban J connectivity index is 1.58. The topological polar surface area (TPSA) is 55.3 Å². The molecule has 0 aliphatic rings. The Morgan fingerprint density at radius 2 is 1.81 bits per heavy atom. The number of rotatable bonds is 5. The van der Waals surface area contributed by atoms with Gasteiger partial charge in [0.15, 0.2) is 5.13 Å². The van der Waals surface area contributed by atoms with Crippen molar-refractivity contribution in [1.29, 1.82) is 0 Å². The lowest BCUT2D eigenvalue weighted by Gasteiger charge is -2.20. The van der Waals surface area contributed by atoms with Crippen LogP contribution in [-0.4, -0.2) is 23.0 Å². The van der Waals surface area contributed by atoms with E-state index in [4.69, 9.17) is 9.72 Å². The lowest BCUT2D eigenvalue weighted by atomic mass is 10.1. The maximum absolute atomic E-state index is 13.6. The van der Waals surface area contributed by atoms with Crippen LogP contribution in [0.15, 0.2) is 85.1 Å². The molecule has 2 aromatic heterocycles. The van der Waals surface area contributed by atoms with Gasteiger partial charge < -0.3 is 4.74 Å². The average molecular weight is 426 g/mol. The van der Waals surface area contributed by atoms with Crippen LogP contribution in [0.1, 0.15) is 16.1 Å². The van der Waals surface area contributed by atoms with E-state index in [0.717, 1.165) is 32.4 Å². The molecule has 5 rings (SSSR count). The second-order valence-electron chi connectivity index (χ2n) is 7.10. The molecule has 31 heavy (non-hydrogen) atoms. The first-order valence-corrected chi connectivity index (χ1v) is 10.7. The molecule has 6 heteroatoms. The summed E-state index contributed by atoms with van der Waals surface area (Å²) in [7, 11) is 1.64. The van der Waals surface area contributed by atoms with E-state index in [1.165, 1.54) is 11.3 Å². The summed E-state index contributed by atoms with van der Waals surface area (Å²) in [5, 5.41) is 2.76. The number of pyridine rings is 1. The quantitative estimate of drug-likeness (QED) is 0.362. The van der Waals surface area contributed by atoms with Gasteiger partial charge in [-0.1, -0.05) is 47.7 Å². The largest absolute Gasteiger partial charge is 0.497 e. The first-order valence-electron chi connectivity index (χ1n) is 9.86. The molecule has 0 fully saturated rings. The van der Waals surface area contributed by atoms with Crippen LogP contribution in [0.3, 0.4) is 0 Å². The van der Waals surface area contributed by atoms with Crippen molar-refractivity contribution in [3.8, 4) is 5.75 Å². The van der Waals surface area contributed by atoms with Gasteiger partial charge in [0.25, 0.3) is 5.91 Å². The highest BCUT2D eigenvalue weighted by Gasteiger charge is 2.22. The van der Waals surface area contributed by atoms with Gasteiger partial charge in [0.05, 0.1) is 29.6 Å². The second kappa shape index (κ2) is 8.16. The summed E-state index contributed by atoms with van der Waals surface area (Å²) < 4.78 is 6.30. The molecular formula is C25H19N3O2S. The van der Waals surface area contributed by atoms with E-state index in [1.807, 2.05) is 78.9 Å². The first-order chi connectivity index (χ1) is 15.2. The third-order valence-corrected chi connectivity index (χ3v) is 6.14. The van der Waals surface area contributed by atoms with Gasteiger partial charge >= 0.3 is 0 Å². The van der Waals surface area contributed by atoms with Crippen LogP contribution in [0.4, 0.5) is 5.13 Å². The van der Waals surface area contributed by atoms with Crippen molar-refractivity contribution in [3.63, 3.8) is 0 Å². The van der Waals surface area contributed by atoms with Crippen LogP contribution in [0.25, 0.3) is 21.0 Å². The molecule has 3 aromatic carbocycles. The monoisotopic (exact) mass is 425 g/mol. The lowest BCUT2D eigenvalue weighted by Crippen LogP contribution is -2.30. The number of nitrogens with zero attached hydrogens (tertiary/aromatic N) is 3. The summed E-state index contributed by atoms with van der Waals surface area (Å²) in [6.07, 6.45) is 1.73. The lowest BCUT2D eigenvalue weighted by molar-refractivity contribution is 0.0985. The Morgan fingerprint density at radius 3 is 2.61 bits per heavy atom. The second-order valence-corrected chi connectivity index (χ2v) is 8.11. The number of aromatic nitrogens is 2. The summed E-state index contributed by atoms with van der Waals surface area (Å²) >= 11 is 1.47. The number of anilines is 1. The third-order valence-electron chi connectivity index (χ3n) is 5.10. The summed E-state index contributed by atoms with van der Waals surface area (Å²) in [5.74, 6) is 0.655. The highest BCUT2D eigenvalue weighted by Crippen LogP contribution is 2.33. The van der Waals surface area contributed by atoms with Gasteiger partial charge in [-0.25, -0.2) is 4.98 Å². The molecule has 0 spiro atoms. The Kier molecular flexibility index (Phi) is 5.06. The fourth-order valence-corrected chi connectivity index (χ4v) is 4.49. The first kappa shape index (κ1) is 19.2. The molecule has 0 aliphatic heterocycles. The Morgan fingerprint density at radius 1 is 0.968 bits per heavy atom. The summed E-state index contributed by atoms with van der Waals surface area (Å²) in [6.45, 7) is 0.337. The van der Waals surface area contributed by atoms with E-state index in [-0.39, 0.29) is 5.91 Å². The molecule has 0 atom stereocenters. The van der Waals surface area contributed by atoms with Crippen LogP contribution >= 0.6 is 11.3 Å². The fraction of sp³-hybridized carbons (Fsp3) is 0.0800. The Bertz CT molecular complexity index is 1380. The molecule has 5 nitrogen and oxygen atoms in total.